The molecular formula is C14H19O4S-. The van der Waals surface area contributed by atoms with Crippen LogP contribution >= 0.6 is 0 Å². The first-order valence-electron chi connectivity index (χ1n) is 6.09. The van der Waals surface area contributed by atoms with Gasteiger partial charge in [-0.05, 0) is 35.1 Å². The van der Waals surface area contributed by atoms with Crippen molar-refractivity contribution in [2.45, 2.75) is 38.4 Å². The summed E-state index contributed by atoms with van der Waals surface area (Å²) in [7, 11) is 1.30. The molecule has 5 heteroatoms. The maximum absolute atomic E-state index is 11.5. The standard InChI is InChI=1S/C14H20O4S/c1-5-14(2,3)12-7-6-10(13(15)18-4)8-11(12)9-19(16)17/h6-8H,5,9H2,1-4H3,(H,16,17)/p-1. The van der Waals surface area contributed by atoms with E-state index in [2.05, 4.69) is 18.6 Å². The van der Waals surface area contributed by atoms with E-state index in [9.17, 15) is 13.6 Å². The summed E-state index contributed by atoms with van der Waals surface area (Å²) in [6, 6.07) is 5.10. The molecule has 1 unspecified atom stereocenters. The number of carbonyl (C=O) groups excluding carboxylic acids is 1. The summed E-state index contributed by atoms with van der Waals surface area (Å²) in [4.78, 5) is 11.5. The highest BCUT2D eigenvalue weighted by atomic mass is 32.2. The Morgan fingerprint density at radius 2 is 2.05 bits per heavy atom. The number of hydrogen-bond acceptors (Lipinski definition) is 4. The van der Waals surface area contributed by atoms with Crippen molar-refractivity contribution in [1.29, 1.82) is 0 Å². The first-order chi connectivity index (χ1) is 8.81. The van der Waals surface area contributed by atoms with Crippen LogP contribution in [0, 0.1) is 0 Å². The Balaban J connectivity index is 3.32. The second-order valence-electron chi connectivity index (χ2n) is 5.05. The average molecular weight is 283 g/mol. The van der Waals surface area contributed by atoms with Gasteiger partial charge in [-0.2, -0.15) is 0 Å². The predicted octanol–water partition coefficient (Wildman–Crippen LogP) is 2.54. The minimum absolute atomic E-state index is 0.0937. The molecular weight excluding hydrogens is 264 g/mol. The highest BCUT2D eigenvalue weighted by Crippen LogP contribution is 2.31. The van der Waals surface area contributed by atoms with Crippen LogP contribution in [0.15, 0.2) is 18.2 Å². The third kappa shape index (κ3) is 3.88. The number of carbonyl (C=O) groups is 1. The zero-order valence-corrected chi connectivity index (χ0v) is 12.5. The van der Waals surface area contributed by atoms with Gasteiger partial charge < -0.3 is 9.29 Å². The summed E-state index contributed by atoms with van der Waals surface area (Å²) >= 11 is -2.19. The number of rotatable bonds is 5. The van der Waals surface area contributed by atoms with Crippen molar-refractivity contribution in [2.24, 2.45) is 0 Å². The molecule has 0 saturated carbocycles. The first kappa shape index (κ1) is 15.9. The van der Waals surface area contributed by atoms with E-state index >= 15 is 0 Å². The maximum atomic E-state index is 11.5. The van der Waals surface area contributed by atoms with Crippen LogP contribution in [-0.4, -0.2) is 21.8 Å². The Morgan fingerprint density at radius 3 is 2.53 bits per heavy atom. The lowest BCUT2D eigenvalue weighted by Crippen LogP contribution is -2.19. The molecule has 0 radical (unpaired) electrons. The lowest BCUT2D eigenvalue weighted by molar-refractivity contribution is 0.0600. The predicted molar refractivity (Wildman–Crippen MR) is 73.7 cm³/mol. The quantitative estimate of drug-likeness (QED) is 0.615. The number of hydrogen-bond donors (Lipinski definition) is 0. The maximum Gasteiger partial charge on any atom is 0.337 e. The molecule has 0 N–H and O–H groups in total. The van der Waals surface area contributed by atoms with Crippen molar-refractivity contribution >= 4 is 17.0 Å². The smallest absolute Gasteiger partial charge is 0.337 e. The van der Waals surface area contributed by atoms with Crippen molar-refractivity contribution in [3.05, 3.63) is 34.9 Å². The van der Waals surface area contributed by atoms with Gasteiger partial charge in [-0.15, -0.1) is 0 Å². The van der Waals surface area contributed by atoms with Gasteiger partial charge >= 0.3 is 5.97 Å². The number of esters is 1. The molecule has 0 aliphatic heterocycles. The van der Waals surface area contributed by atoms with E-state index in [0.29, 0.717) is 11.1 Å². The van der Waals surface area contributed by atoms with Crippen molar-refractivity contribution in [3.63, 3.8) is 0 Å². The molecule has 0 aliphatic rings. The molecule has 1 rings (SSSR count). The van der Waals surface area contributed by atoms with Gasteiger partial charge in [0.1, 0.15) is 0 Å². The van der Waals surface area contributed by atoms with E-state index in [1.807, 2.05) is 13.0 Å². The zero-order valence-electron chi connectivity index (χ0n) is 11.7. The van der Waals surface area contributed by atoms with Crippen LogP contribution in [0.3, 0.4) is 0 Å². The molecule has 0 aromatic heterocycles. The van der Waals surface area contributed by atoms with Crippen molar-refractivity contribution < 1.29 is 18.3 Å². The van der Waals surface area contributed by atoms with Crippen LogP contribution in [0.5, 0.6) is 0 Å². The molecule has 0 spiro atoms. The molecule has 1 aromatic carbocycles. The van der Waals surface area contributed by atoms with Gasteiger partial charge in [0.2, 0.25) is 0 Å². The Bertz CT molecular complexity index is 494. The number of benzene rings is 1. The molecule has 4 nitrogen and oxygen atoms in total. The fourth-order valence-electron chi connectivity index (χ4n) is 1.94. The van der Waals surface area contributed by atoms with Gasteiger partial charge in [0.25, 0.3) is 0 Å². The van der Waals surface area contributed by atoms with Gasteiger partial charge in [-0.3, -0.25) is 4.21 Å². The number of methoxy groups -OCH3 is 1. The van der Waals surface area contributed by atoms with E-state index < -0.39 is 17.0 Å². The summed E-state index contributed by atoms with van der Waals surface area (Å²) in [5, 5.41) is 0. The Labute approximate surface area is 116 Å². The summed E-state index contributed by atoms with van der Waals surface area (Å²) in [5.41, 5.74) is 1.84. The topological polar surface area (TPSA) is 66.4 Å². The molecule has 1 atom stereocenters. The van der Waals surface area contributed by atoms with E-state index in [0.717, 1.165) is 12.0 Å². The lowest BCUT2D eigenvalue weighted by Gasteiger charge is -2.27. The van der Waals surface area contributed by atoms with E-state index in [-0.39, 0.29) is 11.2 Å². The summed E-state index contributed by atoms with van der Waals surface area (Å²) in [6.45, 7) is 6.15. The molecule has 106 valence electrons. The van der Waals surface area contributed by atoms with Crippen LogP contribution in [-0.2, 0) is 27.0 Å². The second-order valence-corrected chi connectivity index (χ2v) is 5.95. The monoisotopic (exact) mass is 283 g/mol. The van der Waals surface area contributed by atoms with E-state index in [1.165, 1.54) is 7.11 Å². The van der Waals surface area contributed by atoms with Gasteiger partial charge in [0.05, 0.1) is 12.7 Å². The molecule has 0 saturated heterocycles. The SMILES string of the molecule is CCC(C)(C)c1ccc(C(=O)OC)cc1CS(=O)[O-]. The highest BCUT2D eigenvalue weighted by molar-refractivity contribution is 7.78. The average Bonchev–Trinajstić information content (AvgIpc) is 2.36. The van der Waals surface area contributed by atoms with Crippen molar-refractivity contribution in [3.8, 4) is 0 Å². The Hall–Kier alpha value is -1.20. The summed E-state index contributed by atoms with van der Waals surface area (Å²) in [6.07, 6.45) is 0.878. The minimum Gasteiger partial charge on any atom is -0.772 e. The second kappa shape index (κ2) is 6.30. The van der Waals surface area contributed by atoms with Gasteiger partial charge in [-0.1, -0.05) is 37.9 Å². The van der Waals surface area contributed by atoms with E-state index in [4.69, 9.17) is 0 Å². The van der Waals surface area contributed by atoms with Crippen molar-refractivity contribution in [1.82, 2.24) is 0 Å². The summed E-state index contributed by atoms with van der Waals surface area (Å²) < 4.78 is 26.6. The Kier molecular flexibility index (Phi) is 5.26. The van der Waals surface area contributed by atoms with Crippen LogP contribution < -0.4 is 0 Å². The highest BCUT2D eigenvalue weighted by Gasteiger charge is 2.22. The molecule has 0 heterocycles. The normalized spacial score (nSPS) is 13.1. The molecule has 0 fully saturated rings. The van der Waals surface area contributed by atoms with E-state index in [1.54, 1.807) is 12.1 Å². The van der Waals surface area contributed by atoms with Gasteiger partial charge in [-0.25, -0.2) is 4.79 Å². The van der Waals surface area contributed by atoms with Crippen LogP contribution in [0.4, 0.5) is 0 Å². The summed E-state index contributed by atoms with van der Waals surface area (Å²) in [5.74, 6) is -0.553. The lowest BCUT2D eigenvalue weighted by atomic mass is 9.79. The third-order valence-corrected chi connectivity index (χ3v) is 3.96. The molecule has 0 aliphatic carbocycles. The van der Waals surface area contributed by atoms with Crippen LogP contribution in [0.2, 0.25) is 0 Å². The zero-order chi connectivity index (χ0) is 14.6. The molecule has 1 aromatic rings. The number of ether oxygens (including phenoxy) is 1. The van der Waals surface area contributed by atoms with Crippen LogP contribution in [0.1, 0.15) is 48.7 Å². The fourth-order valence-corrected chi connectivity index (χ4v) is 2.43. The first-order valence-corrected chi connectivity index (χ1v) is 7.33. The van der Waals surface area contributed by atoms with Gasteiger partial charge in [0, 0.05) is 5.75 Å². The molecule has 19 heavy (non-hydrogen) atoms. The molecule has 0 amide bonds. The van der Waals surface area contributed by atoms with Crippen LogP contribution in [0.25, 0.3) is 0 Å². The van der Waals surface area contributed by atoms with Gasteiger partial charge in [0.15, 0.2) is 0 Å². The fraction of sp³-hybridized carbons (Fsp3) is 0.500. The largest absolute Gasteiger partial charge is 0.772 e. The van der Waals surface area contributed by atoms with Crippen molar-refractivity contribution in [2.75, 3.05) is 7.11 Å². The Morgan fingerprint density at radius 1 is 1.42 bits per heavy atom. The third-order valence-electron chi connectivity index (χ3n) is 3.41. The minimum atomic E-state index is -2.19. The molecule has 0 bridgehead atoms.